The van der Waals surface area contributed by atoms with Crippen LogP contribution in [0.4, 0.5) is 0 Å². The number of benzene rings is 1. The third kappa shape index (κ3) is 2.98. The van der Waals surface area contributed by atoms with Crippen molar-refractivity contribution >= 4 is 20.9 Å². The van der Waals surface area contributed by atoms with Gasteiger partial charge in [0.2, 0.25) is 10.0 Å². The monoisotopic (exact) mass is 293 g/mol. The molecule has 6 heteroatoms. The number of rotatable bonds is 5. The molecule has 5 nitrogen and oxygen atoms in total. The van der Waals surface area contributed by atoms with E-state index in [4.69, 9.17) is 5.73 Å². The molecule has 1 aromatic heterocycles. The fraction of sp³-hybridized carbons (Fsp3) is 0.357. The topological polar surface area (TPSA) is 85.1 Å². The minimum Gasteiger partial charge on any atom is -0.329 e. The molecular formula is C14H19N3O2S. The van der Waals surface area contributed by atoms with Crippen LogP contribution < -0.4 is 10.5 Å². The van der Waals surface area contributed by atoms with Gasteiger partial charge in [-0.05, 0) is 30.2 Å². The molecule has 2 aromatic rings. The fourth-order valence-electron chi connectivity index (χ4n) is 2.03. The average molecular weight is 293 g/mol. The number of nitrogens with zero attached hydrogens (tertiary/aromatic N) is 1. The van der Waals surface area contributed by atoms with E-state index in [0.29, 0.717) is 10.9 Å². The lowest BCUT2D eigenvalue weighted by Crippen LogP contribution is -2.43. The Labute approximate surface area is 119 Å². The molecular weight excluding hydrogens is 274 g/mol. The van der Waals surface area contributed by atoms with Crippen molar-refractivity contribution in [3.05, 3.63) is 36.5 Å². The van der Waals surface area contributed by atoms with Crippen molar-refractivity contribution < 1.29 is 8.42 Å². The predicted molar refractivity (Wildman–Crippen MR) is 79.7 cm³/mol. The molecule has 0 aliphatic rings. The molecule has 1 heterocycles. The largest absolute Gasteiger partial charge is 0.329 e. The molecule has 0 amide bonds. The van der Waals surface area contributed by atoms with Crippen molar-refractivity contribution in [2.45, 2.75) is 24.8 Å². The molecule has 3 N–H and O–H groups in total. The molecule has 1 unspecified atom stereocenters. The van der Waals surface area contributed by atoms with E-state index >= 15 is 0 Å². The molecule has 1 aromatic carbocycles. The van der Waals surface area contributed by atoms with Crippen molar-refractivity contribution in [2.24, 2.45) is 11.7 Å². The Hall–Kier alpha value is -1.50. The zero-order valence-corrected chi connectivity index (χ0v) is 12.4. The summed E-state index contributed by atoms with van der Waals surface area (Å²) < 4.78 is 27.7. The van der Waals surface area contributed by atoms with Gasteiger partial charge in [0, 0.05) is 24.2 Å². The molecule has 0 aliphatic heterocycles. The van der Waals surface area contributed by atoms with Crippen molar-refractivity contribution in [2.75, 3.05) is 6.54 Å². The Morgan fingerprint density at radius 2 is 2.00 bits per heavy atom. The van der Waals surface area contributed by atoms with Crippen LogP contribution in [-0.4, -0.2) is 26.0 Å². The number of nitrogens with one attached hydrogen (secondary N) is 1. The normalized spacial score (nSPS) is 13.8. The quantitative estimate of drug-likeness (QED) is 0.874. The second-order valence-electron chi connectivity index (χ2n) is 5.03. The highest BCUT2D eigenvalue weighted by atomic mass is 32.2. The molecule has 0 fully saturated rings. The lowest BCUT2D eigenvalue weighted by molar-refractivity contribution is 0.455. The first kappa shape index (κ1) is 14.9. The summed E-state index contributed by atoms with van der Waals surface area (Å²) in [5, 5.41) is 0.613. The SMILES string of the molecule is CC(C)C(CN)NS(=O)(=O)c1cccc2ncccc12. The third-order valence-corrected chi connectivity index (χ3v) is 4.81. The second-order valence-corrected chi connectivity index (χ2v) is 6.72. The number of aromatic nitrogens is 1. The first-order valence-electron chi connectivity index (χ1n) is 6.52. The third-order valence-electron chi connectivity index (χ3n) is 3.26. The summed E-state index contributed by atoms with van der Waals surface area (Å²) in [4.78, 5) is 4.41. The number of hydrogen-bond donors (Lipinski definition) is 2. The molecule has 0 saturated heterocycles. The summed E-state index contributed by atoms with van der Waals surface area (Å²) in [6.07, 6.45) is 1.64. The lowest BCUT2D eigenvalue weighted by Gasteiger charge is -2.20. The van der Waals surface area contributed by atoms with Gasteiger partial charge in [-0.25, -0.2) is 13.1 Å². The van der Waals surface area contributed by atoms with Crippen LogP contribution in [0.25, 0.3) is 10.9 Å². The van der Waals surface area contributed by atoms with E-state index in [1.54, 1.807) is 36.5 Å². The zero-order valence-electron chi connectivity index (χ0n) is 11.6. The van der Waals surface area contributed by atoms with Crippen LogP contribution in [0.15, 0.2) is 41.4 Å². The van der Waals surface area contributed by atoms with Crippen molar-refractivity contribution in [3.8, 4) is 0 Å². The number of sulfonamides is 1. The molecule has 0 spiro atoms. The van der Waals surface area contributed by atoms with E-state index in [1.165, 1.54) is 0 Å². The molecule has 1 atom stereocenters. The maximum Gasteiger partial charge on any atom is 0.241 e. The summed E-state index contributed by atoms with van der Waals surface area (Å²) in [6, 6.07) is 8.26. The van der Waals surface area contributed by atoms with Crippen LogP contribution in [0, 0.1) is 5.92 Å². The minimum atomic E-state index is -3.61. The Balaban J connectivity index is 2.47. The summed E-state index contributed by atoms with van der Waals surface area (Å²) in [5.74, 6) is 0.128. The van der Waals surface area contributed by atoms with Gasteiger partial charge in [0.1, 0.15) is 0 Å². The van der Waals surface area contributed by atoms with Gasteiger partial charge < -0.3 is 5.73 Å². The Morgan fingerprint density at radius 1 is 1.25 bits per heavy atom. The van der Waals surface area contributed by atoms with Gasteiger partial charge in [-0.2, -0.15) is 0 Å². The molecule has 108 valence electrons. The van der Waals surface area contributed by atoms with Crippen LogP contribution >= 0.6 is 0 Å². The first-order chi connectivity index (χ1) is 9.45. The molecule has 0 bridgehead atoms. The fourth-order valence-corrected chi connectivity index (χ4v) is 3.64. The van der Waals surface area contributed by atoms with Crippen molar-refractivity contribution in [3.63, 3.8) is 0 Å². The molecule has 0 saturated carbocycles. The maximum absolute atomic E-state index is 12.5. The number of fused-ring (bicyclic) bond motifs is 1. The Kier molecular flexibility index (Phi) is 4.37. The lowest BCUT2D eigenvalue weighted by atomic mass is 10.1. The van der Waals surface area contributed by atoms with E-state index in [-0.39, 0.29) is 23.4 Å². The highest BCUT2D eigenvalue weighted by molar-refractivity contribution is 7.89. The van der Waals surface area contributed by atoms with E-state index in [2.05, 4.69) is 9.71 Å². The van der Waals surface area contributed by atoms with E-state index in [9.17, 15) is 8.42 Å². The van der Waals surface area contributed by atoms with Crippen LogP contribution in [0.5, 0.6) is 0 Å². The van der Waals surface area contributed by atoms with Crippen LogP contribution in [-0.2, 0) is 10.0 Å². The van der Waals surface area contributed by atoms with Crippen LogP contribution in [0.1, 0.15) is 13.8 Å². The number of pyridine rings is 1. The second kappa shape index (κ2) is 5.87. The standard InChI is InChI=1S/C14H19N3O2S/c1-10(2)13(9-15)17-20(18,19)14-7-3-6-12-11(14)5-4-8-16-12/h3-8,10,13,17H,9,15H2,1-2H3. The number of nitrogens with two attached hydrogens (primary N) is 1. The van der Waals surface area contributed by atoms with Gasteiger partial charge in [0.25, 0.3) is 0 Å². The van der Waals surface area contributed by atoms with Crippen molar-refractivity contribution in [1.29, 1.82) is 0 Å². The Bertz CT molecular complexity index is 693. The molecule has 0 aliphatic carbocycles. The summed E-state index contributed by atoms with van der Waals surface area (Å²) >= 11 is 0. The molecule has 2 rings (SSSR count). The predicted octanol–water partition coefficient (Wildman–Crippen LogP) is 1.50. The van der Waals surface area contributed by atoms with Crippen LogP contribution in [0.3, 0.4) is 0 Å². The molecule has 20 heavy (non-hydrogen) atoms. The van der Waals surface area contributed by atoms with Gasteiger partial charge in [0.15, 0.2) is 0 Å². The summed E-state index contributed by atoms with van der Waals surface area (Å²) in [7, 11) is -3.61. The van der Waals surface area contributed by atoms with E-state index < -0.39 is 10.0 Å². The summed E-state index contributed by atoms with van der Waals surface area (Å²) in [6.45, 7) is 4.13. The highest BCUT2D eigenvalue weighted by Gasteiger charge is 2.23. The van der Waals surface area contributed by atoms with Gasteiger partial charge >= 0.3 is 0 Å². The van der Waals surface area contributed by atoms with Crippen LogP contribution in [0.2, 0.25) is 0 Å². The van der Waals surface area contributed by atoms with E-state index in [1.807, 2.05) is 13.8 Å². The minimum absolute atomic E-state index is 0.128. The van der Waals surface area contributed by atoms with E-state index in [0.717, 1.165) is 0 Å². The van der Waals surface area contributed by atoms with Gasteiger partial charge in [-0.15, -0.1) is 0 Å². The van der Waals surface area contributed by atoms with Gasteiger partial charge in [-0.3, -0.25) is 4.98 Å². The average Bonchev–Trinajstić information content (AvgIpc) is 2.43. The maximum atomic E-state index is 12.5. The zero-order chi connectivity index (χ0) is 14.8. The molecule has 0 radical (unpaired) electrons. The van der Waals surface area contributed by atoms with Crippen molar-refractivity contribution in [1.82, 2.24) is 9.71 Å². The van der Waals surface area contributed by atoms with Gasteiger partial charge in [0.05, 0.1) is 10.4 Å². The Morgan fingerprint density at radius 3 is 2.65 bits per heavy atom. The first-order valence-corrected chi connectivity index (χ1v) is 8.00. The van der Waals surface area contributed by atoms with Gasteiger partial charge in [-0.1, -0.05) is 19.9 Å². The smallest absolute Gasteiger partial charge is 0.241 e. The summed E-state index contributed by atoms with van der Waals surface area (Å²) in [5.41, 5.74) is 6.29. The number of hydrogen-bond acceptors (Lipinski definition) is 4. The highest BCUT2D eigenvalue weighted by Crippen LogP contribution is 2.21.